The fourth-order valence-electron chi connectivity index (χ4n) is 5.10. The van der Waals surface area contributed by atoms with Crippen LogP contribution in [0.3, 0.4) is 0 Å². The molecule has 2 heterocycles. The number of amides is 1. The maximum atomic E-state index is 13.4. The van der Waals surface area contributed by atoms with Gasteiger partial charge < -0.3 is 10.0 Å². The quantitative estimate of drug-likeness (QED) is 0.789. The predicted molar refractivity (Wildman–Crippen MR) is 114 cm³/mol. The molecule has 160 valence electrons. The summed E-state index contributed by atoms with van der Waals surface area (Å²) in [5.41, 5.74) is 2.08. The molecule has 3 atom stereocenters. The van der Waals surface area contributed by atoms with Crippen LogP contribution in [-0.4, -0.2) is 43.6 Å². The molecule has 5 rings (SSSR count). The number of carbonyl (C=O) groups excluding carboxylic acids is 1. The van der Waals surface area contributed by atoms with E-state index in [1.54, 1.807) is 0 Å². The van der Waals surface area contributed by atoms with E-state index in [1.807, 2.05) is 40.0 Å². The van der Waals surface area contributed by atoms with Crippen molar-refractivity contribution < 1.29 is 9.90 Å². The maximum absolute atomic E-state index is 13.4. The van der Waals surface area contributed by atoms with E-state index >= 15 is 0 Å². The lowest BCUT2D eigenvalue weighted by atomic mass is 9.85. The number of nitrogens with zero attached hydrogens (tertiary/aromatic N) is 4. The van der Waals surface area contributed by atoms with E-state index in [0.717, 1.165) is 36.9 Å². The largest absolute Gasteiger partial charge is 0.389 e. The first-order valence-electron chi connectivity index (χ1n) is 11.3. The molecule has 1 N–H and O–H groups in total. The Morgan fingerprint density at radius 1 is 1.07 bits per heavy atom. The Kier molecular flexibility index (Phi) is 5.54. The highest BCUT2D eigenvalue weighted by molar-refractivity contribution is 6.30. The molecule has 0 radical (unpaired) electrons. The Morgan fingerprint density at radius 3 is 2.50 bits per heavy atom. The molecule has 2 saturated carbocycles. The van der Waals surface area contributed by atoms with Gasteiger partial charge in [-0.15, -0.1) is 5.10 Å². The molecule has 0 bridgehead atoms. The average molecular weight is 429 g/mol. The predicted octanol–water partition coefficient (Wildman–Crippen LogP) is 4.26. The first-order valence-corrected chi connectivity index (χ1v) is 11.6. The standard InChI is InChI=1S/C23H29ClN4O2/c24-18-10-8-16(9-11-18)20-12-21(28-13-19(25-26-28)15-6-7-15)22(29)14-27(20)23(30)17-4-2-1-3-5-17/h8-11,13,15,17,20-22,29H,1-7,12,14H2/t20-,21-,22-/m1/s1. The van der Waals surface area contributed by atoms with Crippen LogP contribution >= 0.6 is 11.6 Å². The van der Waals surface area contributed by atoms with Crippen molar-refractivity contribution in [3.05, 3.63) is 46.7 Å². The van der Waals surface area contributed by atoms with Gasteiger partial charge in [-0.1, -0.05) is 48.2 Å². The number of hydrogen-bond donors (Lipinski definition) is 1. The third-order valence-corrected chi connectivity index (χ3v) is 7.28. The molecule has 6 nitrogen and oxygen atoms in total. The number of hydrogen-bond acceptors (Lipinski definition) is 4. The fraction of sp³-hybridized carbons (Fsp3) is 0.609. The number of piperidine rings is 1. The van der Waals surface area contributed by atoms with Gasteiger partial charge in [0.15, 0.2) is 0 Å². The van der Waals surface area contributed by atoms with Crippen molar-refractivity contribution in [3.8, 4) is 0 Å². The van der Waals surface area contributed by atoms with E-state index in [0.29, 0.717) is 23.9 Å². The summed E-state index contributed by atoms with van der Waals surface area (Å²) in [5, 5.41) is 20.4. The minimum absolute atomic E-state index is 0.0742. The molecule has 7 heteroatoms. The molecular formula is C23H29ClN4O2. The summed E-state index contributed by atoms with van der Waals surface area (Å²) in [6.45, 7) is 0.325. The van der Waals surface area contributed by atoms with Crippen LogP contribution in [0.4, 0.5) is 0 Å². The Bertz CT molecular complexity index is 889. The number of halogens is 1. The number of aliphatic hydroxyl groups is 1. The van der Waals surface area contributed by atoms with Crippen LogP contribution < -0.4 is 0 Å². The second-order valence-corrected chi connectivity index (χ2v) is 9.60. The van der Waals surface area contributed by atoms with Gasteiger partial charge in [-0.25, -0.2) is 4.68 Å². The molecule has 1 saturated heterocycles. The van der Waals surface area contributed by atoms with Crippen LogP contribution in [0.15, 0.2) is 30.5 Å². The number of benzene rings is 1. The Morgan fingerprint density at radius 2 is 1.80 bits per heavy atom. The highest BCUT2D eigenvalue weighted by Crippen LogP contribution is 2.41. The van der Waals surface area contributed by atoms with Gasteiger partial charge in [-0.2, -0.15) is 0 Å². The Hall–Kier alpha value is -1.92. The number of β-amino-alcohol motifs (C(OH)–C–C–N with tert-alkyl or cyclic N) is 1. The van der Waals surface area contributed by atoms with Crippen molar-refractivity contribution in [2.45, 2.75) is 75.5 Å². The molecule has 1 amide bonds. The van der Waals surface area contributed by atoms with E-state index in [-0.39, 0.29) is 23.9 Å². The second-order valence-electron chi connectivity index (χ2n) is 9.16. The maximum Gasteiger partial charge on any atom is 0.226 e. The monoisotopic (exact) mass is 428 g/mol. The van der Waals surface area contributed by atoms with Gasteiger partial charge in [0.25, 0.3) is 0 Å². The minimum atomic E-state index is -0.658. The van der Waals surface area contributed by atoms with Crippen molar-refractivity contribution >= 4 is 17.5 Å². The lowest BCUT2D eigenvalue weighted by Crippen LogP contribution is -2.51. The second kappa shape index (κ2) is 8.31. The van der Waals surface area contributed by atoms with Crippen molar-refractivity contribution in [1.29, 1.82) is 0 Å². The summed E-state index contributed by atoms with van der Waals surface area (Å²) in [5.74, 6) is 0.783. The van der Waals surface area contributed by atoms with E-state index in [2.05, 4.69) is 10.3 Å². The molecule has 0 spiro atoms. The van der Waals surface area contributed by atoms with Gasteiger partial charge in [0.2, 0.25) is 5.91 Å². The fourth-order valence-corrected chi connectivity index (χ4v) is 5.22. The Balaban J connectivity index is 1.43. The van der Waals surface area contributed by atoms with Crippen LogP contribution in [0.1, 0.15) is 80.6 Å². The smallest absolute Gasteiger partial charge is 0.226 e. The molecule has 0 unspecified atom stereocenters. The van der Waals surface area contributed by atoms with Gasteiger partial charge in [-0.3, -0.25) is 4.79 Å². The van der Waals surface area contributed by atoms with Crippen LogP contribution in [0, 0.1) is 5.92 Å². The van der Waals surface area contributed by atoms with Crippen molar-refractivity contribution in [2.75, 3.05) is 6.54 Å². The zero-order valence-electron chi connectivity index (χ0n) is 17.2. The lowest BCUT2D eigenvalue weighted by Gasteiger charge is -2.44. The molecular weight excluding hydrogens is 400 g/mol. The molecule has 1 aromatic carbocycles. The molecule has 2 aliphatic carbocycles. The lowest BCUT2D eigenvalue weighted by molar-refractivity contribution is -0.145. The third kappa shape index (κ3) is 4.00. The highest BCUT2D eigenvalue weighted by atomic mass is 35.5. The van der Waals surface area contributed by atoms with Gasteiger partial charge >= 0.3 is 0 Å². The first kappa shape index (κ1) is 20.0. The van der Waals surface area contributed by atoms with Gasteiger partial charge in [0.1, 0.15) is 0 Å². The highest BCUT2D eigenvalue weighted by Gasteiger charge is 2.41. The molecule has 30 heavy (non-hydrogen) atoms. The summed E-state index contributed by atoms with van der Waals surface area (Å²) in [4.78, 5) is 15.4. The zero-order valence-corrected chi connectivity index (χ0v) is 17.9. The summed E-state index contributed by atoms with van der Waals surface area (Å²) in [6.07, 6.45) is 9.64. The van der Waals surface area contributed by atoms with Crippen LogP contribution in [0.25, 0.3) is 0 Å². The van der Waals surface area contributed by atoms with Crippen molar-refractivity contribution in [1.82, 2.24) is 19.9 Å². The molecule has 3 aliphatic rings. The van der Waals surface area contributed by atoms with Crippen LogP contribution in [0.2, 0.25) is 5.02 Å². The number of aromatic nitrogens is 3. The van der Waals surface area contributed by atoms with E-state index < -0.39 is 6.10 Å². The van der Waals surface area contributed by atoms with Crippen LogP contribution in [-0.2, 0) is 4.79 Å². The number of rotatable bonds is 4. The third-order valence-electron chi connectivity index (χ3n) is 7.02. The normalized spacial score (nSPS) is 27.9. The number of carbonyl (C=O) groups is 1. The summed E-state index contributed by atoms with van der Waals surface area (Å²) >= 11 is 6.11. The van der Waals surface area contributed by atoms with E-state index in [4.69, 9.17) is 11.6 Å². The molecule has 2 aromatic rings. The average Bonchev–Trinajstić information content (AvgIpc) is 3.51. The summed E-state index contributed by atoms with van der Waals surface area (Å²) < 4.78 is 1.82. The first-order chi connectivity index (χ1) is 14.6. The molecule has 1 aromatic heterocycles. The van der Waals surface area contributed by atoms with Crippen molar-refractivity contribution in [3.63, 3.8) is 0 Å². The molecule has 1 aliphatic heterocycles. The van der Waals surface area contributed by atoms with Gasteiger partial charge in [0, 0.05) is 29.6 Å². The topological polar surface area (TPSA) is 71.2 Å². The SMILES string of the molecule is O=C(C1CCCCC1)N1C[C@@H](O)[C@H](n2cc(C3CC3)nn2)C[C@@H]1c1ccc(Cl)cc1. The summed E-state index contributed by atoms with van der Waals surface area (Å²) in [6, 6.07) is 7.46. The number of aliphatic hydroxyl groups excluding tert-OH is 1. The van der Waals surface area contributed by atoms with Gasteiger partial charge in [0.05, 0.1) is 23.9 Å². The summed E-state index contributed by atoms with van der Waals surface area (Å²) in [7, 11) is 0. The minimum Gasteiger partial charge on any atom is -0.389 e. The van der Waals surface area contributed by atoms with Crippen LogP contribution in [0.5, 0.6) is 0 Å². The van der Waals surface area contributed by atoms with E-state index in [1.165, 1.54) is 19.3 Å². The number of likely N-dealkylation sites (tertiary alicyclic amines) is 1. The Labute approximate surface area is 182 Å². The van der Waals surface area contributed by atoms with E-state index in [9.17, 15) is 9.90 Å². The van der Waals surface area contributed by atoms with Gasteiger partial charge in [-0.05, 0) is 49.8 Å². The van der Waals surface area contributed by atoms with Crippen molar-refractivity contribution in [2.24, 2.45) is 5.92 Å². The molecule has 3 fully saturated rings. The zero-order chi connectivity index (χ0) is 20.7.